The van der Waals surface area contributed by atoms with Crippen LogP contribution in [0.3, 0.4) is 0 Å². The zero-order chi connectivity index (χ0) is 14.9. The van der Waals surface area contributed by atoms with Crippen molar-refractivity contribution in [2.45, 2.75) is 0 Å². The number of hydrogen-bond donors (Lipinski definition) is 0. The molecule has 118 valence electrons. The van der Waals surface area contributed by atoms with Crippen LogP contribution in [-0.4, -0.2) is 71.5 Å². The van der Waals surface area contributed by atoms with Gasteiger partial charge in [-0.3, -0.25) is 0 Å². The number of para-hydroxylation sites is 1. The largest absolute Gasteiger partial charge is 0.449 e. The van der Waals surface area contributed by atoms with Gasteiger partial charge in [-0.2, -0.15) is 4.62 Å². The molecule has 2 rings (SSSR count). The normalized spacial score (nSPS) is 12.2. The highest BCUT2D eigenvalue weighted by Crippen LogP contribution is 2.61. The molecule has 0 aliphatic rings. The molecule has 0 saturated heterocycles. The highest BCUT2D eigenvalue weighted by Gasteiger charge is 2.54. The molecule has 0 radical (unpaired) electrons. The summed E-state index contributed by atoms with van der Waals surface area (Å²) in [5.74, 6) is 0. The average Bonchev–Trinajstić information content (AvgIpc) is 2.77. The lowest BCUT2D eigenvalue weighted by Gasteiger charge is -2.35. The molecule has 7 nitrogen and oxygen atoms in total. The molecule has 0 amide bonds. The van der Waals surface area contributed by atoms with Crippen molar-refractivity contribution >= 4 is 19.0 Å². The standard InChI is InChI=1S/C12H22N6OP.CH3/c1-15(2)20(16(3)4,17(5)6)19-18-12-10-8-7-9-11(12)13-14-18;/h7-10H,1-6H3;1H3/q+1;-1. The Morgan fingerprint density at radius 3 is 2.00 bits per heavy atom. The minimum absolute atomic E-state index is 0. The Morgan fingerprint density at radius 2 is 1.48 bits per heavy atom. The van der Waals surface area contributed by atoms with E-state index >= 15 is 0 Å². The van der Waals surface area contributed by atoms with E-state index < -0.39 is 7.94 Å². The summed E-state index contributed by atoms with van der Waals surface area (Å²) < 4.78 is 12.5. The second kappa shape index (κ2) is 6.66. The van der Waals surface area contributed by atoms with Crippen molar-refractivity contribution in [1.29, 1.82) is 0 Å². The summed E-state index contributed by atoms with van der Waals surface area (Å²) in [7, 11) is 9.90. The molecule has 0 atom stereocenters. The lowest BCUT2D eigenvalue weighted by molar-refractivity contribution is 0.189. The van der Waals surface area contributed by atoms with Crippen molar-refractivity contribution in [1.82, 2.24) is 29.2 Å². The smallest absolute Gasteiger partial charge is 0.358 e. The fourth-order valence-corrected chi connectivity index (χ4v) is 5.22. The summed E-state index contributed by atoms with van der Waals surface area (Å²) in [5.41, 5.74) is 1.68. The van der Waals surface area contributed by atoms with Crippen LogP contribution in [0.1, 0.15) is 0 Å². The van der Waals surface area contributed by atoms with E-state index in [1.54, 1.807) is 0 Å². The van der Waals surface area contributed by atoms with Crippen LogP contribution in [0.4, 0.5) is 0 Å². The van der Waals surface area contributed by atoms with E-state index in [1.165, 1.54) is 4.85 Å². The molecule has 0 spiro atoms. The van der Waals surface area contributed by atoms with Crippen molar-refractivity contribution in [2.75, 3.05) is 42.3 Å². The van der Waals surface area contributed by atoms with E-state index in [-0.39, 0.29) is 7.43 Å². The summed E-state index contributed by atoms with van der Waals surface area (Å²) in [6.07, 6.45) is 0. The molecule has 1 heterocycles. The number of rotatable bonds is 5. The van der Waals surface area contributed by atoms with E-state index in [2.05, 4.69) is 24.3 Å². The van der Waals surface area contributed by atoms with Gasteiger partial charge in [0.2, 0.25) is 0 Å². The quantitative estimate of drug-likeness (QED) is 0.618. The Balaban J connectivity index is 0.00000220. The number of benzene rings is 1. The van der Waals surface area contributed by atoms with Crippen molar-refractivity contribution in [3.8, 4) is 0 Å². The summed E-state index contributed by atoms with van der Waals surface area (Å²) in [6.45, 7) is 0. The van der Waals surface area contributed by atoms with Crippen LogP contribution in [-0.2, 0) is 0 Å². The van der Waals surface area contributed by atoms with Crippen LogP contribution in [0.5, 0.6) is 0 Å². The molecule has 0 fully saturated rings. The number of aromatic nitrogens is 3. The van der Waals surface area contributed by atoms with E-state index in [4.69, 9.17) is 4.62 Å². The monoisotopic (exact) mass is 312 g/mol. The fourth-order valence-electron chi connectivity index (χ4n) is 2.30. The van der Waals surface area contributed by atoms with Gasteiger partial charge in [-0.25, -0.2) is 0 Å². The number of nitrogens with zero attached hydrogens (tertiary/aromatic N) is 6. The molecule has 1 aromatic heterocycles. The lowest BCUT2D eigenvalue weighted by Crippen LogP contribution is -2.42. The maximum Gasteiger partial charge on any atom is 0.449 e. The van der Waals surface area contributed by atoms with Crippen LogP contribution < -0.4 is 4.62 Å². The lowest BCUT2D eigenvalue weighted by atomic mass is 10.3. The number of hydrogen-bond acceptors (Lipinski definition) is 6. The highest BCUT2D eigenvalue weighted by atomic mass is 31.2. The molecule has 21 heavy (non-hydrogen) atoms. The van der Waals surface area contributed by atoms with Crippen molar-refractivity contribution in [3.63, 3.8) is 0 Å². The molecule has 8 heteroatoms. The van der Waals surface area contributed by atoms with Crippen molar-refractivity contribution in [2.24, 2.45) is 0 Å². The summed E-state index contributed by atoms with van der Waals surface area (Å²) in [4.78, 5) is 1.52. The Labute approximate surface area is 127 Å². The Hall–Kier alpha value is -1.27. The summed E-state index contributed by atoms with van der Waals surface area (Å²) in [6, 6.07) is 7.76. The van der Waals surface area contributed by atoms with Crippen LogP contribution in [0.25, 0.3) is 11.0 Å². The predicted octanol–water partition coefficient (Wildman–Crippen LogP) is 1.67. The maximum absolute atomic E-state index is 6.27. The molecule has 0 saturated carbocycles. The molecule has 0 aliphatic carbocycles. The van der Waals surface area contributed by atoms with Gasteiger partial charge in [0.25, 0.3) is 0 Å². The molecule has 1 aromatic carbocycles. The van der Waals surface area contributed by atoms with Gasteiger partial charge in [0.05, 0.1) is 0 Å². The molecular weight excluding hydrogens is 287 g/mol. The molecule has 0 unspecified atom stereocenters. The third-order valence-electron chi connectivity index (χ3n) is 3.07. The average molecular weight is 312 g/mol. The molecular formula is C13H25N6OP. The van der Waals surface area contributed by atoms with E-state index in [0.717, 1.165) is 11.0 Å². The first-order valence-corrected chi connectivity index (χ1v) is 7.89. The van der Waals surface area contributed by atoms with Crippen LogP contribution in [0.2, 0.25) is 0 Å². The van der Waals surface area contributed by atoms with Gasteiger partial charge >= 0.3 is 7.94 Å². The predicted molar refractivity (Wildman–Crippen MR) is 88.5 cm³/mol. The first-order valence-electron chi connectivity index (χ1n) is 6.32. The Bertz CT molecular complexity index is 561. The highest BCUT2D eigenvalue weighted by molar-refractivity contribution is 7.64. The van der Waals surface area contributed by atoms with Gasteiger partial charge in [0.15, 0.2) is 0 Å². The third kappa shape index (κ3) is 3.01. The molecule has 0 N–H and O–H groups in total. The summed E-state index contributed by atoms with van der Waals surface area (Å²) >= 11 is 0. The second-order valence-corrected chi connectivity index (χ2v) is 8.68. The minimum Gasteiger partial charge on any atom is -0.358 e. The molecule has 2 aromatic rings. The minimum atomic E-state index is -2.14. The first-order chi connectivity index (χ1) is 9.39. The zero-order valence-electron chi connectivity index (χ0n) is 13.8. The second-order valence-electron chi connectivity index (χ2n) is 5.09. The SMILES string of the molecule is CN(C)[P+](On1nnc2ccccc21)(N(C)C)N(C)C.[CH3-]. The van der Waals surface area contributed by atoms with Crippen molar-refractivity contribution in [3.05, 3.63) is 31.7 Å². The zero-order valence-corrected chi connectivity index (χ0v) is 14.7. The van der Waals surface area contributed by atoms with Gasteiger partial charge in [-0.05, 0) is 22.2 Å². The molecule has 0 bridgehead atoms. The topological polar surface area (TPSA) is 49.7 Å². The van der Waals surface area contributed by atoms with Gasteiger partial charge in [0, 0.05) is 42.3 Å². The Kier molecular flexibility index (Phi) is 5.64. The van der Waals surface area contributed by atoms with Gasteiger partial charge in [-0.15, -0.1) is 19.1 Å². The van der Waals surface area contributed by atoms with Crippen LogP contribution in [0, 0.1) is 7.43 Å². The van der Waals surface area contributed by atoms with Crippen molar-refractivity contribution < 1.29 is 4.62 Å². The van der Waals surface area contributed by atoms with Crippen LogP contribution >= 0.6 is 7.94 Å². The third-order valence-corrected chi connectivity index (χ3v) is 6.57. The molecule has 0 aliphatic heterocycles. The van der Waals surface area contributed by atoms with Gasteiger partial charge < -0.3 is 7.43 Å². The Morgan fingerprint density at radius 1 is 0.952 bits per heavy atom. The first kappa shape index (κ1) is 17.8. The fraction of sp³-hybridized carbons (Fsp3) is 0.462. The van der Waals surface area contributed by atoms with Gasteiger partial charge in [0.1, 0.15) is 11.0 Å². The van der Waals surface area contributed by atoms with Crippen LogP contribution in [0.15, 0.2) is 24.3 Å². The van der Waals surface area contributed by atoms with E-state index in [9.17, 15) is 0 Å². The van der Waals surface area contributed by atoms with E-state index in [0.29, 0.717) is 0 Å². The summed E-state index contributed by atoms with van der Waals surface area (Å²) in [5, 5.41) is 8.25. The van der Waals surface area contributed by atoms with Gasteiger partial charge in [-0.1, -0.05) is 12.1 Å². The van der Waals surface area contributed by atoms with E-state index in [1.807, 2.05) is 66.6 Å². The number of fused-ring (bicyclic) bond motifs is 1. The maximum atomic E-state index is 6.27.